The number of rotatable bonds is 6. The third-order valence-electron chi connectivity index (χ3n) is 11.9. The Morgan fingerprint density at radius 1 is 0.267 bits per heavy atom. The summed E-state index contributed by atoms with van der Waals surface area (Å²) in [6, 6.07) is 78.2. The van der Waals surface area contributed by atoms with Crippen molar-refractivity contribution < 1.29 is 0 Å². The second kappa shape index (κ2) is 13.8. The van der Waals surface area contributed by atoms with E-state index in [0.29, 0.717) is 5.95 Å². The van der Waals surface area contributed by atoms with Gasteiger partial charge in [0.1, 0.15) is 0 Å². The first-order chi connectivity index (χ1) is 29.7. The lowest BCUT2D eigenvalue weighted by molar-refractivity contribution is 1.01. The van der Waals surface area contributed by atoms with Gasteiger partial charge in [0.15, 0.2) is 0 Å². The summed E-state index contributed by atoms with van der Waals surface area (Å²) in [5.41, 5.74) is 15.6. The third kappa shape index (κ3) is 5.53. The predicted molar refractivity (Wildman–Crippen MR) is 250 cm³/mol. The van der Waals surface area contributed by atoms with E-state index in [0.717, 1.165) is 55.2 Å². The second-order valence-electron chi connectivity index (χ2n) is 15.4. The number of hydrogen-bond donors (Lipinski definition) is 0. The van der Waals surface area contributed by atoms with Gasteiger partial charge in [0.25, 0.3) is 0 Å². The molecule has 3 heterocycles. The maximum Gasteiger partial charge on any atom is 0.235 e. The number of fused-ring (bicyclic) bond motifs is 7. The zero-order valence-corrected chi connectivity index (χ0v) is 32.6. The molecule has 0 saturated carbocycles. The highest BCUT2D eigenvalue weighted by molar-refractivity contribution is 6.13. The fourth-order valence-electron chi connectivity index (χ4n) is 9.11. The first-order valence-electron chi connectivity index (χ1n) is 20.4. The lowest BCUT2D eigenvalue weighted by Crippen LogP contribution is -2.03. The Bertz CT molecular complexity index is 3530. The van der Waals surface area contributed by atoms with E-state index in [-0.39, 0.29) is 0 Å². The molecule has 0 aliphatic carbocycles. The molecule has 0 saturated heterocycles. The largest absolute Gasteiger partial charge is 0.309 e. The van der Waals surface area contributed by atoms with Crippen LogP contribution >= 0.6 is 0 Å². The van der Waals surface area contributed by atoms with Gasteiger partial charge in [-0.2, -0.15) is 0 Å². The molecule has 0 bridgehead atoms. The van der Waals surface area contributed by atoms with Crippen molar-refractivity contribution in [2.75, 3.05) is 0 Å². The molecular weight excluding hydrogens is 729 g/mol. The maximum atomic E-state index is 5.28. The van der Waals surface area contributed by atoms with Crippen molar-refractivity contribution >= 4 is 54.5 Å². The van der Waals surface area contributed by atoms with Gasteiger partial charge in [-0.1, -0.05) is 158 Å². The lowest BCUT2D eigenvalue weighted by atomic mass is 9.98. The zero-order chi connectivity index (χ0) is 39.6. The minimum absolute atomic E-state index is 0.660. The molecule has 0 spiro atoms. The van der Waals surface area contributed by atoms with E-state index in [4.69, 9.17) is 9.97 Å². The Morgan fingerprint density at radius 2 is 0.717 bits per heavy atom. The summed E-state index contributed by atoms with van der Waals surface area (Å²) in [4.78, 5) is 10.4. The average Bonchev–Trinajstić information content (AvgIpc) is 3.84. The first-order valence-corrected chi connectivity index (χ1v) is 20.4. The Balaban J connectivity index is 1.03. The molecule has 12 aromatic rings. The van der Waals surface area contributed by atoms with Gasteiger partial charge in [-0.05, 0) is 94.0 Å². The maximum absolute atomic E-state index is 5.28. The van der Waals surface area contributed by atoms with E-state index < -0.39 is 0 Å². The predicted octanol–water partition coefficient (Wildman–Crippen LogP) is 14.5. The molecule has 0 atom stereocenters. The fourth-order valence-corrected chi connectivity index (χ4v) is 9.11. The minimum atomic E-state index is 0.660. The molecule has 280 valence electrons. The van der Waals surface area contributed by atoms with Gasteiger partial charge in [0, 0.05) is 38.2 Å². The van der Waals surface area contributed by atoms with Gasteiger partial charge in [0.2, 0.25) is 5.95 Å². The molecule has 3 aromatic heterocycles. The summed E-state index contributed by atoms with van der Waals surface area (Å²) in [5, 5.41) is 5.80. The van der Waals surface area contributed by atoms with Gasteiger partial charge >= 0.3 is 0 Å². The average molecular weight is 765 g/mol. The molecule has 60 heavy (non-hydrogen) atoms. The Morgan fingerprint density at radius 3 is 1.30 bits per heavy atom. The van der Waals surface area contributed by atoms with Crippen LogP contribution < -0.4 is 0 Å². The van der Waals surface area contributed by atoms with Gasteiger partial charge in [-0.15, -0.1) is 0 Å². The Hall–Kier alpha value is -8.08. The Labute approximate surface area is 346 Å². The van der Waals surface area contributed by atoms with Crippen LogP contribution in [0.15, 0.2) is 218 Å². The fraction of sp³-hybridized carbons (Fsp3) is 0. The Kier molecular flexibility index (Phi) is 7.82. The van der Waals surface area contributed by atoms with Gasteiger partial charge in [-0.3, -0.25) is 4.57 Å². The van der Waals surface area contributed by atoms with Gasteiger partial charge in [0.05, 0.1) is 33.3 Å². The van der Waals surface area contributed by atoms with Crippen molar-refractivity contribution in [1.82, 2.24) is 19.1 Å². The molecule has 4 nitrogen and oxygen atoms in total. The van der Waals surface area contributed by atoms with E-state index in [2.05, 4.69) is 215 Å². The van der Waals surface area contributed by atoms with E-state index in [1.54, 1.807) is 0 Å². The van der Waals surface area contributed by atoms with E-state index in [9.17, 15) is 0 Å². The lowest BCUT2D eigenvalue weighted by Gasteiger charge is -2.14. The van der Waals surface area contributed by atoms with E-state index >= 15 is 0 Å². The van der Waals surface area contributed by atoms with Crippen LogP contribution in [0.1, 0.15) is 0 Å². The van der Waals surface area contributed by atoms with Gasteiger partial charge < -0.3 is 4.57 Å². The minimum Gasteiger partial charge on any atom is -0.309 e. The summed E-state index contributed by atoms with van der Waals surface area (Å²) in [5.74, 6) is 0.660. The highest BCUT2D eigenvalue weighted by atomic mass is 15.2. The van der Waals surface area contributed by atoms with Crippen molar-refractivity contribution in [3.8, 4) is 56.3 Å². The van der Waals surface area contributed by atoms with Crippen LogP contribution in [-0.2, 0) is 0 Å². The molecular formula is C56H36N4. The van der Waals surface area contributed by atoms with Crippen LogP contribution in [0.25, 0.3) is 111 Å². The zero-order valence-electron chi connectivity index (χ0n) is 32.6. The first kappa shape index (κ1) is 34.0. The summed E-state index contributed by atoms with van der Waals surface area (Å²) in [6.45, 7) is 0. The van der Waals surface area contributed by atoms with Crippen LogP contribution in [0.3, 0.4) is 0 Å². The number of benzene rings is 9. The van der Waals surface area contributed by atoms with E-state index in [1.807, 2.05) is 12.1 Å². The van der Waals surface area contributed by atoms with Gasteiger partial charge in [-0.25, -0.2) is 9.97 Å². The molecule has 9 aromatic carbocycles. The quantitative estimate of drug-likeness (QED) is 0.169. The number of para-hydroxylation sites is 3. The monoisotopic (exact) mass is 764 g/mol. The smallest absolute Gasteiger partial charge is 0.235 e. The van der Waals surface area contributed by atoms with E-state index in [1.165, 1.54) is 49.6 Å². The highest BCUT2D eigenvalue weighted by Crippen LogP contribution is 2.40. The molecule has 12 rings (SSSR count). The molecule has 0 unspecified atom stereocenters. The molecule has 4 heteroatoms. The van der Waals surface area contributed by atoms with Crippen molar-refractivity contribution in [3.05, 3.63) is 218 Å². The van der Waals surface area contributed by atoms with Crippen molar-refractivity contribution in [3.63, 3.8) is 0 Å². The van der Waals surface area contributed by atoms with Crippen LogP contribution in [0, 0.1) is 0 Å². The summed E-state index contributed by atoms with van der Waals surface area (Å²) in [6.07, 6.45) is 0. The SMILES string of the molecule is c1ccc(-c2cc(-c3ccccc3)cc(-n3c4ccccc4c4cc(-c5ccc6c(c5)c5ccccc5n6-c5nc(-c6ccccc6)c6ccccc6n5)ccc43)c2)cc1. The normalized spacial score (nSPS) is 11.7. The third-order valence-corrected chi connectivity index (χ3v) is 11.9. The van der Waals surface area contributed by atoms with Crippen LogP contribution in [0.5, 0.6) is 0 Å². The summed E-state index contributed by atoms with van der Waals surface area (Å²) >= 11 is 0. The molecule has 0 N–H and O–H groups in total. The van der Waals surface area contributed by atoms with Crippen LogP contribution in [0.2, 0.25) is 0 Å². The molecule has 0 aliphatic rings. The number of hydrogen-bond acceptors (Lipinski definition) is 2. The highest BCUT2D eigenvalue weighted by Gasteiger charge is 2.19. The van der Waals surface area contributed by atoms with Crippen molar-refractivity contribution in [2.24, 2.45) is 0 Å². The number of aromatic nitrogens is 4. The topological polar surface area (TPSA) is 35.6 Å². The molecule has 0 fully saturated rings. The van der Waals surface area contributed by atoms with Crippen molar-refractivity contribution in [2.45, 2.75) is 0 Å². The molecule has 0 amide bonds. The molecule has 0 aliphatic heterocycles. The summed E-state index contributed by atoms with van der Waals surface area (Å²) in [7, 11) is 0. The van der Waals surface area contributed by atoms with Crippen LogP contribution in [0.4, 0.5) is 0 Å². The summed E-state index contributed by atoms with van der Waals surface area (Å²) < 4.78 is 4.65. The van der Waals surface area contributed by atoms with Crippen molar-refractivity contribution in [1.29, 1.82) is 0 Å². The van der Waals surface area contributed by atoms with Crippen LogP contribution in [-0.4, -0.2) is 19.1 Å². The standard InChI is InChI=1S/C56H36N4/c1-4-16-37(17-5-1)42-32-43(38-18-6-2-7-19-38)34-44(33-42)59-51-26-14-11-22-45(51)48-35-40(28-30-53(48)59)41-29-31-54-49(36-41)46-23-12-15-27-52(46)60(54)56-57-50-25-13-10-24-47(50)55(58-56)39-20-8-3-9-21-39/h1-36H. The second-order valence-corrected chi connectivity index (χ2v) is 15.4. The number of nitrogens with zero attached hydrogens (tertiary/aromatic N) is 4. The molecule has 0 radical (unpaired) electrons.